The van der Waals surface area contributed by atoms with E-state index in [4.69, 9.17) is 0 Å². The van der Waals surface area contributed by atoms with Gasteiger partial charge in [-0.1, -0.05) is 17.8 Å². The summed E-state index contributed by atoms with van der Waals surface area (Å²) in [5.41, 5.74) is 4.25. The van der Waals surface area contributed by atoms with E-state index in [1.807, 2.05) is 75.3 Å². The van der Waals surface area contributed by atoms with Gasteiger partial charge in [0.1, 0.15) is 6.04 Å². The normalized spacial score (nSPS) is 11.6. The summed E-state index contributed by atoms with van der Waals surface area (Å²) in [6.45, 7) is 5.80. The smallest absolute Gasteiger partial charge is 0.246 e. The van der Waals surface area contributed by atoms with E-state index in [9.17, 15) is 9.59 Å². The molecule has 2 amide bonds. The second kappa shape index (κ2) is 11.6. The van der Waals surface area contributed by atoms with Gasteiger partial charge < -0.3 is 15.1 Å². The number of amides is 2. The molecule has 9 heteroatoms. The van der Waals surface area contributed by atoms with Gasteiger partial charge in [0.2, 0.25) is 11.8 Å². The molecule has 3 rings (SSSR count). The van der Waals surface area contributed by atoms with E-state index in [2.05, 4.69) is 20.3 Å². The van der Waals surface area contributed by atoms with Crippen molar-refractivity contribution in [3.63, 3.8) is 0 Å². The van der Waals surface area contributed by atoms with Crippen LogP contribution in [0.3, 0.4) is 0 Å². The first-order valence-electron chi connectivity index (χ1n) is 10.9. The lowest BCUT2D eigenvalue weighted by Gasteiger charge is -2.28. The third kappa shape index (κ3) is 7.02. The molecule has 0 spiro atoms. The van der Waals surface area contributed by atoms with Gasteiger partial charge in [0.25, 0.3) is 0 Å². The van der Waals surface area contributed by atoms with Gasteiger partial charge in [0.05, 0.1) is 5.75 Å². The van der Waals surface area contributed by atoms with E-state index in [0.29, 0.717) is 10.8 Å². The monoisotopic (exact) mass is 478 g/mol. The van der Waals surface area contributed by atoms with Crippen molar-refractivity contribution in [3.8, 4) is 0 Å². The zero-order valence-electron chi connectivity index (χ0n) is 20.1. The van der Waals surface area contributed by atoms with Crippen LogP contribution in [0.25, 0.3) is 0 Å². The molecule has 0 fully saturated rings. The molecule has 1 N–H and O–H groups in total. The van der Waals surface area contributed by atoms with Crippen LogP contribution in [-0.2, 0) is 16.1 Å². The molecule has 0 aliphatic rings. The molecule has 0 aliphatic carbocycles. The number of nitrogens with one attached hydrogen (secondary N) is 1. The average molecular weight is 479 g/mol. The van der Waals surface area contributed by atoms with Crippen molar-refractivity contribution in [2.45, 2.75) is 38.5 Å². The van der Waals surface area contributed by atoms with Crippen LogP contribution in [0.5, 0.6) is 0 Å². The molecule has 0 saturated carbocycles. The van der Waals surface area contributed by atoms with Crippen molar-refractivity contribution < 1.29 is 9.59 Å². The maximum atomic E-state index is 13.3. The van der Waals surface area contributed by atoms with Crippen molar-refractivity contribution >= 4 is 35.0 Å². The lowest BCUT2D eigenvalue weighted by molar-refractivity contribution is -0.136. The summed E-state index contributed by atoms with van der Waals surface area (Å²) in [5, 5.41) is 3.47. The van der Waals surface area contributed by atoms with Crippen molar-refractivity contribution in [2.24, 2.45) is 0 Å². The lowest BCUT2D eigenvalue weighted by atomic mass is 10.2. The fourth-order valence-corrected chi connectivity index (χ4v) is 4.16. The molecule has 34 heavy (non-hydrogen) atoms. The van der Waals surface area contributed by atoms with Crippen LogP contribution < -0.4 is 10.2 Å². The Hall–Kier alpha value is -3.46. The van der Waals surface area contributed by atoms with Gasteiger partial charge >= 0.3 is 0 Å². The summed E-state index contributed by atoms with van der Waals surface area (Å²) < 4.78 is 0. The highest BCUT2D eigenvalue weighted by Crippen LogP contribution is 2.19. The molecule has 0 saturated heterocycles. The fraction of sp³-hybridized carbons (Fsp3) is 0.320. The number of thioether (sulfide) groups is 1. The Balaban J connectivity index is 1.73. The molecular formula is C25H30N6O2S. The molecule has 8 nitrogen and oxygen atoms in total. The van der Waals surface area contributed by atoms with Crippen molar-refractivity contribution in [1.82, 2.24) is 19.9 Å². The predicted molar refractivity (Wildman–Crippen MR) is 136 cm³/mol. The van der Waals surface area contributed by atoms with Gasteiger partial charge in [-0.05, 0) is 62.7 Å². The molecule has 0 bridgehead atoms. The molecule has 1 atom stereocenters. The van der Waals surface area contributed by atoms with Gasteiger partial charge in [-0.15, -0.1) is 0 Å². The van der Waals surface area contributed by atoms with Crippen LogP contribution in [0.2, 0.25) is 0 Å². The summed E-state index contributed by atoms with van der Waals surface area (Å²) in [5.74, 6) is -0.317. The lowest BCUT2D eigenvalue weighted by Crippen LogP contribution is -2.46. The van der Waals surface area contributed by atoms with Crippen LogP contribution in [0.1, 0.15) is 23.9 Å². The molecule has 2 aromatic heterocycles. The number of carbonyl (C=O) groups is 2. The third-order valence-electron chi connectivity index (χ3n) is 5.18. The highest BCUT2D eigenvalue weighted by atomic mass is 32.2. The Bertz CT molecular complexity index is 1100. The first-order chi connectivity index (χ1) is 16.2. The molecule has 0 aliphatic heterocycles. The van der Waals surface area contributed by atoms with Crippen LogP contribution in [-0.4, -0.2) is 57.6 Å². The topological polar surface area (TPSA) is 91.3 Å². The maximum absolute atomic E-state index is 13.3. The van der Waals surface area contributed by atoms with Crippen LogP contribution in [0.15, 0.2) is 60.0 Å². The maximum Gasteiger partial charge on any atom is 0.246 e. The number of carbonyl (C=O) groups excluding carboxylic acids is 2. The minimum Gasteiger partial charge on any atom is -0.378 e. The van der Waals surface area contributed by atoms with E-state index < -0.39 is 6.04 Å². The number of aryl methyl sites for hydroxylation is 2. The second-order valence-electron chi connectivity index (χ2n) is 8.21. The second-order valence-corrected chi connectivity index (χ2v) is 9.15. The van der Waals surface area contributed by atoms with Gasteiger partial charge in [-0.3, -0.25) is 14.6 Å². The van der Waals surface area contributed by atoms with E-state index in [-0.39, 0.29) is 24.1 Å². The number of hydrogen-bond acceptors (Lipinski definition) is 7. The summed E-state index contributed by atoms with van der Waals surface area (Å²) in [4.78, 5) is 42.8. The molecule has 2 heterocycles. The fourth-order valence-electron chi connectivity index (χ4n) is 3.33. The third-order valence-corrected chi connectivity index (χ3v) is 6.01. The quantitative estimate of drug-likeness (QED) is 0.370. The number of anilines is 2. The standard InChI is InChI=1S/C25H30N6O2S/c1-17-13-18(2)28-25(27-17)34-16-23(32)31(15-20-7-6-12-26-14-20)19(3)24(33)29-21-8-10-22(11-9-21)30(4)5/h6-14,19H,15-16H2,1-5H3,(H,29,33). The number of pyridine rings is 1. The SMILES string of the molecule is Cc1cc(C)nc(SCC(=O)N(Cc2cccnc2)C(C)C(=O)Nc2ccc(N(C)C)cc2)n1. The van der Waals surface area contributed by atoms with E-state index in [1.54, 1.807) is 24.2 Å². The minimum absolute atomic E-state index is 0.123. The number of nitrogens with zero attached hydrogens (tertiary/aromatic N) is 5. The van der Waals surface area contributed by atoms with Crippen molar-refractivity contribution in [2.75, 3.05) is 30.1 Å². The van der Waals surface area contributed by atoms with Crippen molar-refractivity contribution in [3.05, 3.63) is 71.8 Å². The largest absolute Gasteiger partial charge is 0.378 e. The molecule has 3 aromatic rings. The Morgan fingerprint density at radius 2 is 1.74 bits per heavy atom. The Labute approximate surface area is 204 Å². The Morgan fingerprint density at radius 3 is 2.32 bits per heavy atom. The summed E-state index contributed by atoms with van der Waals surface area (Å²) >= 11 is 1.27. The molecule has 178 valence electrons. The van der Waals surface area contributed by atoms with E-state index in [0.717, 1.165) is 22.6 Å². The van der Waals surface area contributed by atoms with Gasteiger partial charge in [0, 0.05) is 55.8 Å². The molecule has 0 radical (unpaired) electrons. The first kappa shape index (κ1) is 25.2. The van der Waals surface area contributed by atoms with E-state index >= 15 is 0 Å². The summed E-state index contributed by atoms with van der Waals surface area (Å²) in [6, 6.07) is 12.4. The summed E-state index contributed by atoms with van der Waals surface area (Å²) in [7, 11) is 3.91. The molecule has 1 unspecified atom stereocenters. The Morgan fingerprint density at radius 1 is 1.06 bits per heavy atom. The van der Waals surface area contributed by atoms with Gasteiger partial charge in [-0.2, -0.15) is 0 Å². The first-order valence-corrected chi connectivity index (χ1v) is 11.9. The molecular weight excluding hydrogens is 448 g/mol. The minimum atomic E-state index is -0.693. The Kier molecular flexibility index (Phi) is 8.59. The highest BCUT2D eigenvalue weighted by molar-refractivity contribution is 7.99. The van der Waals surface area contributed by atoms with E-state index in [1.165, 1.54) is 11.8 Å². The number of rotatable bonds is 9. The highest BCUT2D eigenvalue weighted by Gasteiger charge is 2.26. The zero-order valence-corrected chi connectivity index (χ0v) is 21.0. The van der Waals surface area contributed by atoms with Crippen molar-refractivity contribution in [1.29, 1.82) is 0 Å². The predicted octanol–water partition coefficient (Wildman–Crippen LogP) is 3.70. The number of benzene rings is 1. The summed E-state index contributed by atoms with van der Waals surface area (Å²) in [6.07, 6.45) is 3.38. The number of hydrogen-bond donors (Lipinski definition) is 1. The zero-order chi connectivity index (χ0) is 24.7. The van der Waals surface area contributed by atoms with Crippen LogP contribution in [0, 0.1) is 13.8 Å². The van der Waals surface area contributed by atoms with Gasteiger partial charge in [0.15, 0.2) is 5.16 Å². The van der Waals surface area contributed by atoms with Crippen LogP contribution >= 0.6 is 11.8 Å². The van der Waals surface area contributed by atoms with Gasteiger partial charge in [-0.25, -0.2) is 9.97 Å². The average Bonchev–Trinajstić information content (AvgIpc) is 2.81. The number of aromatic nitrogens is 3. The van der Waals surface area contributed by atoms with Crippen LogP contribution in [0.4, 0.5) is 11.4 Å². The molecule has 1 aromatic carbocycles.